The number of esters is 1. The van der Waals surface area contributed by atoms with E-state index in [0.717, 1.165) is 11.8 Å². The molecule has 27 heavy (non-hydrogen) atoms. The smallest absolute Gasteiger partial charge is 0.316 e. The molecule has 1 aromatic carbocycles. The summed E-state index contributed by atoms with van der Waals surface area (Å²) in [7, 11) is -3.62. The molecule has 0 amide bonds. The zero-order valence-electron chi connectivity index (χ0n) is 14.7. The van der Waals surface area contributed by atoms with Crippen LogP contribution in [0.4, 0.5) is 0 Å². The summed E-state index contributed by atoms with van der Waals surface area (Å²) in [5.74, 6) is -0.137. The van der Waals surface area contributed by atoms with E-state index in [1.165, 1.54) is 16.4 Å². The van der Waals surface area contributed by atoms with Gasteiger partial charge in [0.2, 0.25) is 15.9 Å². The second-order valence-electron chi connectivity index (χ2n) is 5.51. The van der Waals surface area contributed by atoms with Crippen molar-refractivity contribution in [2.45, 2.75) is 17.0 Å². The van der Waals surface area contributed by atoms with E-state index in [0.29, 0.717) is 38.5 Å². The number of nitrogens with zero attached hydrogens (tertiary/aromatic N) is 3. The molecule has 146 valence electrons. The molecule has 2 aromatic rings. The second-order valence-corrected chi connectivity index (χ2v) is 8.38. The third-order valence-corrected chi connectivity index (χ3v) is 6.40. The quantitative estimate of drug-likeness (QED) is 0.491. The molecule has 1 aliphatic rings. The SMILES string of the molecule is CCOC(=O)CSc1nnc(-c2cccc(S(=O)(=O)N3CCOCC3)c2)o1. The number of sulfonamides is 1. The van der Waals surface area contributed by atoms with E-state index in [2.05, 4.69) is 10.2 Å². The molecule has 0 atom stereocenters. The summed E-state index contributed by atoms with van der Waals surface area (Å²) in [5.41, 5.74) is 0.486. The lowest BCUT2D eigenvalue weighted by Crippen LogP contribution is -2.40. The number of rotatable bonds is 7. The molecule has 2 heterocycles. The number of morpholine rings is 1. The number of aromatic nitrogens is 2. The number of carbonyl (C=O) groups is 1. The molecule has 1 aliphatic heterocycles. The minimum Gasteiger partial charge on any atom is -0.465 e. The molecule has 1 fully saturated rings. The number of hydrogen-bond acceptors (Lipinski definition) is 9. The van der Waals surface area contributed by atoms with Gasteiger partial charge < -0.3 is 13.9 Å². The molecule has 3 rings (SSSR count). The summed E-state index contributed by atoms with van der Waals surface area (Å²) in [5, 5.41) is 8.00. The Labute approximate surface area is 161 Å². The molecule has 0 spiro atoms. The fourth-order valence-corrected chi connectivity index (χ4v) is 4.45. The van der Waals surface area contributed by atoms with Crippen LogP contribution in [0.1, 0.15) is 6.92 Å². The molecule has 0 N–H and O–H groups in total. The lowest BCUT2D eigenvalue weighted by Gasteiger charge is -2.26. The average molecular weight is 413 g/mol. The van der Waals surface area contributed by atoms with Crippen LogP contribution in [0.5, 0.6) is 0 Å². The van der Waals surface area contributed by atoms with Crippen molar-refractivity contribution in [1.29, 1.82) is 0 Å². The Morgan fingerprint density at radius 3 is 2.81 bits per heavy atom. The molecule has 0 saturated carbocycles. The van der Waals surface area contributed by atoms with E-state index in [9.17, 15) is 13.2 Å². The van der Waals surface area contributed by atoms with E-state index in [-0.39, 0.29) is 27.7 Å². The van der Waals surface area contributed by atoms with Crippen LogP contribution in [0.2, 0.25) is 0 Å². The highest BCUT2D eigenvalue weighted by molar-refractivity contribution is 7.99. The first-order valence-electron chi connectivity index (χ1n) is 8.31. The number of ether oxygens (including phenoxy) is 2. The fourth-order valence-electron chi connectivity index (χ4n) is 2.43. The van der Waals surface area contributed by atoms with Crippen LogP contribution in [0, 0.1) is 0 Å². The molecule has 11 heteroatoms. The predicted octanol–water partition coefficient (Wildman–Crippen LogP) is 1.41. The fraction of sp³-hybridized carbons (Fsp3) is 0.438. The van der Waals surface area contributed by atoms with Crippen LogP contribution < -0.4 is 0 Å². The van der Waals surface area contributed by atoms with Crippen molar-refractivity contribution in [2.75, 3.05) is 38.7 Å². The Hall–Kier alpha value is -1.95. The Morgan fingerprint density at radius 2 is 2.07 bits per heavy atom. The van der Waals surface area contributed by atoms with Gasteiger partial charge in [0.25, 0.3) is 5.22 Å². The Morgan fingerprint density at radius 1 is 1.30 bits per heavy atom. The molecule has 0 aliphatic carbocycles. The van der Waals surface area contributed by atoms with Crippen LogP contribution in [0.15, 0.2) is 38.8 Å². The Balaban J connectivity index is 1.75. The van der Waals surface area contributed by atoms with Crippen molar-refractivity contribution in [3.05, 3.63) is 24.3 Å². The van der Waals surface area contributed by atoms with E-state index in [1.807, 2.05) is 0 Å². The number of hydrogen-bond donors (Lipinski definition) is 0. The van der Waals surface area contributed by atoms with Crippen molar-refractivity contribution in [1.82, 2.24) is 14.5 Å². The molecule has 0 bridgehead atoms. The van der Waals surface area contributed by atoms with E-state index in [4.69, 9.17) is 13.9 Å². The van der Waals surface area contributed by atoms with Crippen molar-refractivity contribution >= 4 is 27.8 Å². The molecule has 0 unspecified atom stereocenters. The highest BCUT2D eigenvalue weighted by Gasteiger charge is 2.27. The molecular formula is C16H19N3O6S2. The largest absolute Gasteiger partial charge is 0.465 e. The molecule has 1 saturated heterocycles. The van der Waals surface area contributed by atoms with Crippen LogP contribution in [-0.4, -0.2) is 67.6 Å². The Bertz CT molecular complexity index is 893. The van der Waals surface area contributed by atoms with Gasteiger partial charge in [0.05, 0.1) is 24.7 Å². The van der Waals surface area contributed by atoms with Gasteiger partial charge in [-0.1, -0.05) is 17.8 Å². The van der Waals surface area contributed by atoms with Crippen molar-refractivity contribution in [3.63, 3.8) is 0 Å². The zero-order valence-corrected chi connectivity index (χ0v) is 16.3. The van der Waals surface area contributed by atoms with Gasteiger partial charge >= 0.3 is 5.97 Å². The molecule has 1 aromatic heterocycles. The minimum absolute atomic E-state index is 0.0565. The zero-order chi connectivity index (χ0) is 19.3. The first-order valence-corrected chi connectivity index (χ1v) is 10.7. The third kappa shape index (κ3) is 4.86. The van der Waals surface area contributed by atoms with Gasteiger partial charge in [-0.05, 0) is 25.1 Å². The van der Waals surface area contributed by atoms with E-state index < -0.39 is 10.0 Å². The van der Waals surface area contributed by atoms with Crippen LogP contribution in [0.3, 0.4) is 0 Å². The van der Waals surface area contributed by atoms with Gasteiger partial charge in [-0.25, -0.2) is 8.42 Å². The summed E-state index contributed by atoms with van der Waals surface area (Å²) in [6, 6.07) is 6.34. The summed E-state index contributed by atoms with van der Waals surface area (Å²) >= 11 is 1.06. The van der Waals surface area contributed by atoms with Gasteiger partial charge in [-0.3, -0.25) is 4.79 Å². The van der Waals surface area contributed by atoms with Crippen molar-refractivity contribution in [3.8, 4) is 11.5 Å². The highest BCUT2D eigenvalue weighted by Crippen LogP contribution is 2.26. The van der Waals surface area contributed by atoms with E-state index in [1.54, 1.807) is 19.1 Å². The Kier molecular flexibility index (Phi) is 6.47. The summed E-state index contributed by atoms with van der Waals surface area (Å²) < 4.78 is 42.5. The third-order valence-electron chi connectivity index (χ3n) is 3.71. The monoisotopic (exact) mass is 413 g/mol. The lowest BCUT2D eigenvalue weighted by atomic mass is 10.2. The van der Waals surface area contributed by atoms with E-state index >= 15 is 0 Å². The van der Waals surface area contributed by atoms with Crippen molar-refractivity contribution < 1.29 is 27.1 Å². The maximum Gasteiger partial charge on any atom is 0.316 e. The minimum atomic E-state index is -3.62. The average Bonchev–Trinajstić information content (AvgIpc) is 3.17. The summed E-state index contributed by atoms with van der Waals surface area (Å²) in [6.07, 6.45) is 0. The molecule has 9 nitrogen and oxygen atoms in total. The maximum absolute atomic E-state index is 12.8. The van der Waals surface area contributed by atoms with Crippen LogP contribution in [-0.2, 0) is 24.3 Å². The van der Waals surface area contributed by atoms with Gasteiger partial charge in [-0.15, -0.1) is 10.2 Å². The van der Waals surface area contributed by atoms with Crippen LogP contribution >= 0.6 is 11.8 Å². The number of carbonyl (C=O) groups excluding carboxylic acids is 1. The van der Waals surface area contributed by atoms with Gasteiger partial charge in [0, 0.05) is 18.7 Å². The first-order chi connectivity index (χ1) is 13.0. The number of benzene rings is 1. The standard InChI is InChI=1S/C16H19N3O6S2/c1-2-24-14(20)11-26-16-18-17-15(25-16)12-4-3-5-13(10-12)27(21,22)19-6-8-23-9-7-19/h3-5,10H,2,6-9,11H2,1H3. The highest BCUT2D eigenvalue weighted by atomic mass is 32.2. The van der Waals surface area contributed by atoms with Crippen molar-refractivity contribution in [2.24, 2.45) is 0 Å². The summed E-state index contributed by atoms with van der Waals surface area (Å²) in [4.78, 5) is 11.5. The van der Waals surface area contributed by atoms with Gasteiger partial charge in [-0.2, -0.15) is 4.31 Å². The predicted molar refractivity (Wildman–Crippen MR) is 96.7 cm³/mol. The number of thioether (sulfide) groups is 1. The first kappa shape index (κ1) is 19.8. The maximum atomic E-state index is 12.8. The normalized spacial score (nSPS) is 15.6. The topological polar surface area (TPSA) is 112 Å². The summed E-state index contributed by atoms with van der Waals surface area (Å²) in [6.45, 7) is 3.43. The molecular weight excluding hydrogens is 394 g/mol. The van der Waals surface area contributed by atoms with Crippen LogP contribution in [0.25, 0.3) is 11.5 Å². The second kappa shape index (κ2) is 8.83. The lowest BCUT2D eigenvalue weighted by molar-refractivity contribution is -0.139. The van der Waals surface area contributed by atoms with Gasteiger partial charge in [0.15, 0.2) is 0 Å². The van der Waals surface area contributed by atoms with Gasteiger partial charge in [0.1, 0.15) is 5.75 Å². The molecule has 0 radical (unpaired) electrons.